The van der Waals surface area contributed by atoms with E-state index in [1.165, 1.54) is 6.39 Å². The highest BCUT2D eigenvalue weighted by atomic mass is 16.5. The molecular weight excluding hydrogens is 260 g/mol. The van der Waals surface area contributed by atoms with Crippen molar-refractivity contribution in [2.45, 2.75) is 6.10 Å². The van der Waals surface area contributed by atoms with Gasteiger partial charge in [-0.05, 0) is 24.3 Å². The van der Waals surface area contributed by atoms with Crippen LogP contribution < -0.4 is 10.6 Å². The van der Waals surface area contributed by atoms with Crippen LogP contribution in [0.4, 0.5) is 5.69 Å². The summed E-state index contributed by atoms with van der Waals surface area (Å²) < 4.78 is 10.1. The van der Waals surface area contributed by atoms with E-state index in [1.54, 1.807) is 12.1 Å². The number of carbonyl (C=O) groups excluding carboxylic acids is 1. The maximum absolute atomic E-state index is 12.0. The molecule has 2 heterocycles. The number of morpholine rings is 1. The Balaban J connectivity index is 1.64. The van der Waals surface area contributed by atoms with Crippen molar-refractivity contribution in [2.75, 3.05) is 25.0 Å². The number of carbonyl (C=O) groups is 1. The van der Waals surface area contributed by atoms with Crippen molar-refractivity contribution < 1.29 is 14.1 Å². The van der Waals surface area contributed by atoms with Crippen LogP contribution in [0, 0.1) is 0 Å². The molecule has 1 atom stereocenters. The molecule has 1 unspecified atom stereocenters. The lowest BCUT2D eigenvalue weighted by atomic mass is 10.2. The lowest BCUT2D eigenvalue weighted by Gasteiger charge is -2.22. The first-order valence-corrected chi connectivity index (χ1v) is 6.33. The van der Waals surface area contributed by atoms with Crippen molar-refractivity contribution in [3.05, 3.63) is 30.7 Å². The molecule has 1 fully saturated rings. The van der Waals surface area contributed by atoms with Gasteiger partial charge < -0.3 is 19.9 Å². The van der Waals surface area contributed by atoms with E-state index in [2.05, 4.69) is 25.3 Å². The van der Waals surface area contributed by atoms with Crippen LogP contribution in [-0.4, -0.2) is 41.8 Å². The summed E-state index contributed by atoms with van der Waals surface area (Å²) in [7, 11) is 0. The number of nitrogens with one attached hydrogen (secondary N) is 2. The van der Waals surface area contributed by atoms with Crippen LogP contribution >= 0.6 is 0 Å². The quantitative estimate of drug-likeness (QED) is 0.854. The van der Waals surface area contributed by atoms with Gasteiger partial charge >= 0.3 is 0 Å². The van der Waals surface area contributed by atoms with Gasteiger partial charge in [0.05, 0.1) is 6.61 Å². The highest BCUT2D eigenvalue weighted by molar-refractivity contribution is 5.94. The molecule has 0 spiro atoms. The zero-order chi connectivity index (χ0) is 13.8. The van der Waals surface area contributed by atoms with Crippen molar-refractivity contribution in [3.63, 3.8) is 0 Å². The zero-order valence-corrected chi connectivity index (χ0v) is 10.7. The molecule has 0 aliphatic carbocycles. The van der Waals surface area contributed by atoms with Crippen LogP contribution in [0.3, 0.4) is 0 Å². The number of amides is 1. The number of aromatic nitrogens is 2. The van der Waals surface area contributed by atoms with Gasteiger partial charge in [-0.25, -0.2) is 0 Å². The SMILES string of the molecule is O=C(Nc1ccc(-c2ncon2)cc1)C1CNCCO1. The molecule has 0 bridgehead atoms. The number of hydrogen-bond acceptors (Lipinski definition) is 6. The van der Waals surface area contributed by atoms with E-state index in [-0.39, 0.29) is 5.91 Å². The van der Waals surface area contributed by atoms with Crippen LogP contribution in [0.25, 0.3) is 11.4 Å². The lowest BCUT2D eigenvalue weighted by Crippen LogP contribution is -2.45. The Bertz CT molecular complexity index is 562. The Kier molecular flexibility index (Phi) is 3.71. The molecule has 1 saturated heterocycles. The largest absolute Gasteiger partial charge is 0.366 e. The molecular formula is C13H14N4O3. The molecule has 1 amide bonds. The summed E-state index contributed by atoms with van der Waals surface area (Å²) in [5.74, 6) is 0.368. The fraction of sp³-hybridized carbons (Fsp3) is 0.308. The molecule has 7 heteroatoms. The summed E-state index contributed by atoms with van der Waals surface area (Å²) in [5, 5.41) is 9.68. The van der Waals surface area contributed by atoms with Gasteiger partial charge in [-0.2, -0.15) is 4.98 Å². The third kappa shape index (κ3) is 2.84. The number of benzene rings is 1. The molecule has 1 aromatic heterocycles. The average Bonchev–Trinajstić information content (AvgIpc) is 3.03. The Morgan fingerprint density at radius 2 is 2.20 bits per heavy atom. The van der Waals surface area contributed by atoms with Crippen LogP contribution in [0.2, 0.25) is 0 Å². The highest BCUT2D eigenvalue weighted by Gasteiger charge is 2.21. The first-order valence-electron chi connectivity index (χ1n) is 6.33. The summed E-state index contributed by atoms with van der Waals surface area (Å²) in [6, 6.07) is 7.22. The van der Waals surface area contributed by atoms with Crippen LogP contribution in [0.15, 0.2) is 35.2 Å². The maximum atomic E-state index is 12.0. The fourth-order valence-electron chi connectivity index (χ4n) is 1.96. The summed E-state index contributed by atoms with van der Waals surface area (Å²) in [4.78, 5) is 15.9. The van der Waals surface area contributed by atoms with Gasteiger partial charge in [0.2, 0.25) is 12.2 Å². The van der Waals surface area contributed by atoms with E-state index < -0.39 is 6.10 Å². The number of nitrogens with zero attached hydrogens (tertiary/aromatic N) is 2. The van der Waals surface area contributed by atoms with E-state index in [0.29, 0.717) is 24.7 Å². The van der Waals surface area contributed by atoms with E-state index in [1.807, 2.05) is 12.1 Å². The van der Waals surface area contributed by atoms with Crippen molar-refractivity contribution in [1.82, 2.24) is 15.5 Å². The van der Waals surface area contributed by atoms with E-state index in [9.17, 15) is 4.79 Å². The molecule has 0 radical (unpaired) electrons. The van der Waals surface area contributed by atoms with Gasteiger partial charge in [0.15, 0.2) is 0 Å². The lowest BCUT2D eigenvalue weighted by molar-refractivity contribution is -0.128. The van der Waals surface area contributed by atoms with Gasteiger partial charge in [0, 0.05) is 24.3 Å². The Hall–Kier alpha value is -2.25. The number of anilines is 1. The van der Waals surface area contributed by atoms with Gasteiger partial charge in [0.25, 0.3) is 5.91 Å². The monoisotopic (exact) mass is 274 g/mol. The van der Waals surface area contributed by atoms with Gasteiger partial charge in [0.1, 0.15) is 6.10 Å². The first kappa shape index (κ1) is 12.8. The second-order valence-corrected chi connectivity index (χ2v) is 4.38. The normalized spacial score (nSPS) is 18.7. The number of ether oxygens (including phenoxy) is 1. The molecule has 0 saturated carbocycles. The van der Waals surface area contributed by atoms with Crippen molar-refractivity contribution in [3.8, 4) is 11.4 Å². The Labute approximate surface area is 115 Å². The minimum Gasteiger partial charge on any atom is -0.366 e. The van der Waals surface area contributed by atoms with E-state index in [4.69, 9.17) is 4.74 Å². The third-order valence-corrected chi connectivity index (χ3v) is 2.99. The standard InChI is InChI=1S/C13H14N4O3/c18-13(11-7-14-5-6-19-11)16-10-3-1-9(2-4-10)12-15-8-20-17-12/h1-4,8,11,14H,5-7H2,(H,16,18). The van der Waals surface area contributed by atoms with E-state index in [0.717, 1.165) is 12.1 Å². The molecule has 104 valence electrons. The molecule has 2 aromatic rings. The molecule has 20 heavy (non-hydrogen) atoms. The summed E-state index contributed by atoms with van der Waals surface area (Å²) in [5.41, 5.74) is 1.53. The second kappa shape index (κ2) is 5.81. The van der Waals surface area contributed by atoms with Gasteiger partial charge in [-0.15, -0.1) is 0 Å². The molecule has 2 N–H and O–H groups in total. The van der Waals surface area contributed by atoms with Crippen LogP contribution in [0.5, 0.6) is 0 Å². The van der Waals surface area contributed by atoms with Crippen LogP contribution in [0.1, 0.15) is 0 Å². The predicted molar refractivity (Wildman–Crippen MR) is 71.0 cm³/mol. The maximum Gasteiger partial charge on any atom is 0.254 e. The van der Waals surface area contributed by atoms with Gasteiger partial charge in [-0.3, -0.25) is 4.79 Å². The van der Waals surface area contributed by atoms with Crippen molar-refractivity contribution >= 4 is 11.6 Å². The van der Waals surface area contributed by atoms with Crippen LogP contribution in [-0.2, 0) is 9.53 Å². The molecule has 1 aliphatic heterocycles. The molecule has 1 aliphatic rings. The topological polar surface area (TPSA) is 89.3 Å². The molecule has 1 aromatic carbocycles. The highest BCUT2D eigenvalue weighted by Crippen LogP contribution is 2.17. The minimum atomic E-state index is -0.444. The second-order valence-electron chi connectivity index (χ2n) is 4.38. The predicted octanol–water partition coefficient (Wildman–Crippen LogP) is 0.663. The van der Waals surface area contributed by atoms with Gasteiger partial charge in [-0.1, -0.05) is 5.16 Å². The number of hydrogen-bond donors (Lipinski definition) is 2. The third-order valence-electron chi connectivity index (χ3n) is 2.99. The molecule has 3 rings (SSSR count). The average molecular weight is 274 g/mol. The zero-order valence-electron chi connectivity index (χ0n) is 10.7. The fourth-order valence-corrected chi connectivity index (χ4v) is 1.96. The van der Waals surface area contributed by atoms with E-state index >= 15 is 0 Å². The first-order chi connectivity index (χ1) is 9.83. The smallest absolute Gasteiger partial charge is 0.254 e. The summed E-state index contributed by atoms with van der Waals surface area (Å²) >= 11 is 0. The Morgan fingerprint density at radius 1 is 1.35 bits per heavy atom. The summed E-state index contributed by atoms with van der Waals surface area (Å²) in [6.07, 6.45) is 0.832. The minimum absolute atomic E-state index is 0.149. The number of rotatable bonds is 3. The van der Waals surface area contributed by atoms with Crippen molar-refractivity contribution in [1.29, 1.82) is 0 Å². The summed E-state index contributed by atoms with van der Waals surface area (Å²) in [6.45, 7) is 1.87. The van der Waals surface area contributed by atoms with Crippen molar-refractivity contribution in [2.24, 2.45) is 0 Å². The molecule has 7 nitrogen and oxygen atoms in total. The Morgan fingerprint density at radius 3 is 2.85 bits per heavy atom.